The van der Waals surface area contributed by atoms with Gasteiger partial charge in [-0.05, 0) is 30.8 Å². The number of carbonyl (C=O) groups is 1. The molecule has 0 aliphatic heterocycles. The Kier molecular flexibility index (Phi) is 8.51. The van der Waals surface area contributed by atoms with Crippen LogP contribution in [0.25, 0.3) is 0 Å². The normalized spacial score (nSPS) is 12.0. The number of carbonyl (C=O) groups excluding carboxylic acids is 1. The Balaban J connectivity index is 2.05. The van der Waals surface area contributed by atoms with E-state index >= 15 is 0 Å². The molecule has 5 heteroatoms. The average Bonchev–Trinajstić information content (AvgIpc) is 2.69. The number of urea groups is 1. The van der Waals surface area contributed by atoms with Crippen molar-refractivity contribution in [3.8, 4) is 0 Å². The fourth-order valence-corrected chi connectivity index (χ4v) is 3.98. The standard InChI is InChI=1S/C21H29N3OS/c1-4-24(5-2)16-17-26-20(18-12-8-6-9-13-18)23(3)21(25)22-19-14-10-7-11-15-19/h6-15,20H,4-5,16-17H2,1-3H3,(H,22,25). The van der Waals surface area contributed by atoms with E-state index in [0.29, 0.717) is 0 Å². The summed E-state index contributed by atoms with van der Waals surface area (Å²) in [7, 11) is 1.86. The number of hydrogen-bond donors (Lipinski definition) is 1. The summed E-state index contributed by atoms with van der Waals surface area (Å²) in [6.07, 6.45) is 0. The zero-order valence-corrected chi connectivity index (χ0v) is 16.7. The molecule has 1 unspecified atom stereocenters. The molecule has 0 aliphatic carbocycles. The summed E-state index contributed by atoms with van der Waals surface area (Å²) in [4.78, 5) is 16.9. The molecule has 0 saturated heterocycles. The minimum atomic E-state index is -0.0969. The van der Waals surface area contributed by atoms with Crippen molar-refractivity contribution in [3.63, 3.8) is 0 Å². The van der Waals surface area contributed by atoms with Gasteiger partial charge in [0.1, 0.15) is 5.37 Å². The zero-order chi connectivity index (χ0) is 18.8. The van der Waals surface area contributed by atoms with Crippen molar-refractivity contribution >= 4 is 23.5 Å². The molecule has 26 heavy (non-hydrogen) atoms. The van der Waals surface area contributed by atoms with Gasteiger partial charge in [-0.2, -0.15) is 0 Å². The number of benzene rings is 2. The first-order valence-corrected chi connectivity index (χ1v) is 10.2. The summed E-state index contributed by atoms with van der Waals surface area (Å²) >= 11 is 1.80. The van der Waals surface area contributed by atoms with Crippen LogP contribution in [-0.2, 0) is 0 Å². The van der Waals surface area contributed by atoms with E-state index in [2.05, 4.69) is 36.2 Å². The van der Waals surface area contributed by atoms with Crippen LogP contribution in [0.2, 0.25) is 0 Å². The Morgan fingerprint density at radius 3 is 2.15 bits per heavy atom. The molecule has 2 rings (SSSR count). The van der Waals surface area contributed by atoms with Crippen LogP contribution in [0.4, 0.5) is 10.5 Å². The first-order valence-electron chi connectivity index (χ1n) is 9.13. The maximum atomic E-state index is 12.7. The molecular weight excluding hydrogens is 342 g/mol. The first-order chi connectivity index (χ1) is 12.7. The molecule has 2 aromatic rings. The number of nitrogens with one attached hydrogen (secondary N) is 1. The third-order valence-corrected chi connectivity index (χ3v) is 5.68. The van der Waals surface area contributed by atoms with Crippen LogP contribution >= 0.6 is 11.8 Å². The lowest BCUT2D eigenvalue weighted by Gasteiger charge is -2.29. The smallest absolute Gasteiger partial charge is 0.311 e. The lowest BCUT2D eigenvalue weighted by molar-refractivity contribution is 0.219. The maximum absolute atomic E-state index is 12.7. The number of thioether (sulfide) groups is 1. The van der Waals surface area contributed by atoms with Gasteiger partial charge in [0.2, 0.25) is 0 Å². The van der Waals surface area contributed by atoms with Crippen LogP contribution in [0.15, 0.2) is 60.7 Å². The number of para-hydroxylation sites is 1. The highest BCUT2D eigenvalue weighted by Gasteiger charge is 2.22. The fraction of sp³-hybridized carbons (Fsp3) is 0.381. The maximum Gasteiger partial charge on any atom is 0.322 e. The number of rotatable bonds is 9. The van der Waals surface area contributed by atoms with Crippen molar-refractivity contribution < 1.29 is 4.79 Å². The van der Waals surface area contributed by atoms with Crippen molar-refractivity contribution in [2.75, 3.05) is 37.8 Å². The summed E-state index contributed by atoms with van der Waals surface area (Å²) < 4.78 is 0. The average molecular weight is 372 g/mol. The van der Waals surface area contributed by atoms with Crippen LogP contribution in [0, 0.1) is 0 Å². The van der Waals surface area contributed by atoms with Crippen molar-refractivity contribution in [2.45, 2.75) is 19.2 Å². The summed E-state index contributed by atoms with van der Waals surface area (Å²) in [6, 6.07) is 19.7. The van der Waals surface area contributed by atoms with Crippen LogP contribution in [-0.4, -0.2) is 48.3 Å². The molecule has 1 N–H and O–H groups in total. The summed E-state index contributed by atoms with van der Waals surface area (Å²) in [5, 5.41) is 2.96. The lowest BCUT2D eigenvalue weighted by Crippen LogP contribution is -2.34. The molecule has 1 atom stereocenters. The minimum absolute atomic E-state index is 0.0181. The van der Waals surface area contributed by atoms with Gasteiger partial charge in [0.05, 0.1) is 0 Å². The van der Waals surface area contributed by atoms with E-state index in [4.69, 9.17) is 0 Å². The van der Waals surface area contributed by atoms with Gasteiger partial charge < -0.3 is 15.1 Å². The summed E-state index contributed by atoms with van der Waals surface area (Å²) in [5.74, 6) is 0.976. The van der Waals surface area contributed by atoms with Gasteiger partial charge in [-0.1, -0.05) is 62.4 Å². The van der Waals surface area contributed by atoms with Gasteiger partial charge in [0.15, 0.2) is 0 Å². The molecule has 0 heterocycles. The second kappa shape index (κ2) is 10.9. The predicted octanol–water partition coefficient (Wildman–Crippen LogP) is 4.92. The Morgan fingerprint density at radius 2 is 1.58 bits per heavy atom. The third kappa shape index (κ3) is 6.07. The second-order valence-corrected chi connectivity index (χ2v) is 7.26. The largest absolute Gasteiger partial charge is 0.322 e. The molecule has 0 saturated carbocycles. The molecule has 4 nitrogen and oxygen atoms in total. The van der Waals surface area contributed by atoms with Crippen LogP contribution in [0.3, 0.4) is 0 Å². The highest BCUT2D eigenvalue weighted by molar-refractivity contribution is 7.99. The van der Waals surface area contributed by atoms with Gasteiger partial charge >= 0.3 is 6.03 Å². The van der Waals surface area contributed by atoms with E-state index in [9.17, 15) is 4.79 Å². The number of hydrogen-bond acceptors (Lipinski definition) is 3. The second-order valence-electron chi connectivity index (χ2n) is 6.07. The van der Waals surface area contributed by atoms with Gasteiger partial charge in [0.25, 0.3) is 0 Å². The monoisotopic (exact) mass is 371 g/mol. The van der Waals surface area contributed by atoms with Crippen LogP contribution in [0.1, 0.15) is 24.8 Å². The first kappa shape index (κ1) is 20.3. The van der Waals surface area contributed by atoms with E-state index < -0.39 is 0 Å². The lowest BCUT2D eigenvalue weighted by atomic mass is 10.2. The molecule has 0 bridgehead atoms. The molecule has 0 spiro atoms. The molecule has 0 aromatic heterocycles. The molecular formula is C21H29N3OS. The highest BCUT2D eigenvalue weighted by atomic mass is 32.2. The Bertz CT molecular complexity index is 647. The molecule has 2 aromatic carbocycles. The number of nitrogens with zero attached hydrogens (tertiary/aromatic N) is 2. The van der Waals surface area contributed by atoms with E-state index in [1.807, 2.05) is 55.6 Å². The van der Waals surface area contributed by atoms with Gasteiger partial charge in [-0.15, -0.1) is 11.8 Å². The van der Waals surface area contributed by atoms with Crippen molar-refractivity contribution in [3.05, 3.63) is 66.2 Å². The SMILES string of the molecule is CCN(CC)CCSC(c1ccccc1)N(C)C(=O)Nc1ccccc1. The van der Waals surface area contributed by atoms with E-state index in [1.54, 1.807) is 16.7 Å². The Hall–Kier alpha value is -1.98. The summed E-state index contributed by atoms with van der Waals surface area (Å²) in [6.45, 7) is 7.49. The van der Waals surface area contributed by atoms with Gasteiger partial charge in [-0.25, -0.2) is 4.79 Å². The van der Waals surface area contributed by atoms with Crippen LogP contribution in [0.5, 0.6) is 0 Å². The minimum Gasteiger partial charge on any atom is -0.311 e. The van der Waals surface area contributed by atoms with Gasteiger partial charge in [-0.3, -0.25) is 0 Å². The van der Waals surface area contributed by atoms with Crippen molar-refractivity contribution in [1.82, 2.24) is 9.80 Å². The molecule has 140 valence electrons. The van der Waals surface area contributed by atoms with Crippen molar-refractivity contribution in [1.29, 1.82) is 0 Å². The third-order valence-electron chi connectivity index (χ3n) is 4.36. The molecule has 0 aliphatic rings. The fourth-order valence-electron chi connectivity index (χ4n) is 2.72. The van der Waals surface area contributed by atoms with E-state index in [0.717, 1.165) is 36.6 Å². The summed E-state index contributed by atoms with van der Waals surface area (Å²) in [5.41, 5.74) is 1.95. The Morgan fingerprint density at radius 1 is 1.00 bits per heavy atom. The molecule has 0 fully saturated rings. The van der Waals surface area contributed by atoms with Crippen molar-refractivity contribution in [2.24, 2.45) is 0 Å². The van der Waals surface area contributed by atoms with Gasteiger partial charge in [0, 0.05) is 25.0 Å². The number of amides is 2. The van der Waals surface area contributed by atoms with E-state index in [1.165, 1.54) is 0 Å². The molecule has 2 amide bonds. The highest BCUT2D eigenvalue weighted by Crippen LogP contribution is 2.32. The zero-order valence-electron chi connectivity index (χ0n) is 15.9. The topological polar surface area (TPSA) is 35.6 Å². The quantitative estimate of drug-likeness (QED) is 0.635. The Labute approximate surface area is 161 Å². The molecule has 0 radical (unpaired) electrons. The number of anilines is 1. The van der Waals surface area contributed by atoms with E-state index in [-0.39, 0.29) is 11.4 Å². The van der Waals surface area contributed by atoms with Crippen LogP contribution < -0.4 is 5.32 Å². The predicted molar refractivity (Wildman–Crippen MR) is 113 cm³/mol.